The first-order valence-corrected chi connectivity index (χ1v) is 11.1. The Hall–Kier alpha value is -1.94. The van der Waals surface area contributed by atoms with Crippen molar-refractivity contribution in [2.45, 2.75) is 71.8 Å². The van der Waals surface area contributed by atoms with E-state index in [1.54, 1.807) is 12.1 Å². The van der Waals surface area contributed by atoms with E-state index in [1.165, 1.54) is 55.4 Å². The Balaban J connectivity index is 1.58. The molecule has 1 heterocycles. The van der Waals surface area contributed by atoms with Crippen LogP contribution in [0, 0.1) is 17.2 Å². The van der Waals surface area contributed by atoms with Crippen LogP contribution in [0.3, 0.4) is 0 Å². The van der Waals surface area contributed by atoms with E-state index in [2.05, 4.69) is 31.9 Å². The molecule has 1 unspecified atom stereocenters. The van der Waals surface area contributed by atoms with Gasteiger partial charge in [-0.05, 0) is 86.8 Å². The molecule has 0 amide bonds. The minimum atomic E-state index is -0.223. The predicted molar refractivity (Wildman–Crippen MR) is 116 cm³/mol. The van der Waals surface area contributed by atoms with Gasteiger partial charge in [0.1, 0.15) is 5.82 Å². The van der Waals surface area contributed by atoms with E-state index in [0.29, 0.717) is 12.0 Å². The quantitative estimate of drug-likeness (QED) is 0.569. The van der Waals surface area contributed by atoms with Gasteiger partial charge in [0, 0.05) is 6.61 Å². The monoisotopic (exact) mass is 396 g/mol. The Morgan fingerprint density at radius 1 is 1.21 bits per heavy atom. The molecule has 2 aromatic rings. The lowest BCUT2D eigenvalue weighted by atomic mass is 9.68. The molecule has 0 radical (unpaired) electrons. The van der Waals surface area contributed by atoms with Gasteiger partial charge in [-0.1, -0.05) is 31.8 Å². The highest BCUT2D eigenvalue weighted by Crippen LogP contribution is 2.44. The third-order valence-electron chi connectivity index (χ3n) is 7.05. The molecule has 1 aromatic heterocycles. The van der Waals surface area contributed by atoms with Crippen molar-refractivity contribution in [1.29, 1.82) is 0 Å². The van der Waals surface area contributed by atoms with Crippen molar-refractivity contribution in [1.82, 2.24) is 9.78 Å². The SMILES string of the molecule is CCOC(C[C@@]1(C)Cc2cnn(-c3ccc(F)cc3)c2C=C1C)C1CCCCC1. The maximum Gasteiger partial charge on any atom is 0.123 e. The molecule has 0 saturated heterocycles. The zero-order chi connectivity index (χ0) is 20.4. The summed E-state index contributed by atoms with van der Waals surface area (Å²) in [5, 5.41) is 4.62. The summed E-state index contributed by atoms with van der Waals surface area (Å²) in [5.41, 5.74) is 4.75. The fourth-order valence-corrected chi connectivity index (χ4v) is 5.17. The lowest BCUT2D eigenvalue weighted by molar-refractivity contribution is -0.0169. The van der Waals surface area contributed by atoms with E-state index in [0.717, 1.165) is 30.8 Å². The third kappa shape index (κ3) is 4.18. The number of aromatic nitrogens is 2. The van der Waals surface area contributed by atoms with Gasteiger partial charge in [0.2, 0.25) is 0 Å². The first-order valence-electron chi connectivity index (χ1n) is 11.1. The maximum atomic E-state index is 13.3. The highest BCUT2D eigenvalue weighted by Gasteiger charge is 2.37. The summed E-state index contributed by atoms with van der Waals surface area (Å²) in [6.07, 6.45) is 13.3. The molecule has 0 spiro atoms. The Morgan fingerprint density at radius 3 is 2.62 bits per heavy atom. The van der Waals surface area contributed by atoms with Gasteiger partial charge >= 0.3 is 0 Å². The van der Waals surface area contributed by atoms with E-state index in [1.807, 2.05) is 10.9 Å². The van der Waals surface area contributed by atoms with Crippen molar-refractivity contribution in [3.63, 3.8) is 0 Å². The number of ether oxygens (including phenoxy) is 1. The number of fused-ring (bicyclic) bond motifs is 1. The normalized spacial score (nSPS) is 23.5. The van der Waals surface area contributed by atoms with Crippen LogP contribution in [0.1, 0.15) is 70.6 Å². The zero-order valence-electron chi connectivity index (χ0n) is 18.0. The number of rotatable bonds is 6. The largest absolute Gasteiger partial charge is 0.378 e. The summed E-state index contributed by atoms with van der Waals surface area (Å²) < 4.78 is 21.5. The number of hydrogen-bond acceptors (Lipinski definition) is 2. The van der Waals surface area contributed by atoms with Gasteiger partial charge in [0.05, 0.1) is 23.7 Å². The second kappa shape index (κ2) is 8.43. The van der Waals surface area contributed by atoms with Crippen LogP contribution in [-0.2, 0) is 11.2 Å². The summed E-state index contributed by atoms with van der Waals surface area (Å²) in [6.45, 7) is 7.53. The lowest BCUT2D eigenvalue weighted by Crippen LogP contribution is -2.35. The van der Waals surface area contributed by atoms with Crippen molar-refractivity contribution in [2.24, 2.45) is 11.3 Å². The Kier molecular flexibility index (Phi) is 5.91. The molecule has 2 aliphatic rings. The number of allylic oxidation sites excluding steroid dienone is 1. The lowest BCUT2D eigenvalue weighted by Gasteiger charge is -2.40. The molecule has 4 heteroatoms. The highest BCUT2D eigenvalue weighted by atomic mass is 19.1. The molecular formula is C25H33FN2O. The van der Waals surface area contributed by atoms with Crippen molar-refractivity contribution < 1.29 is 9.13 Å². The smallest absolute Gasteiger partial charge is 0.123 e. The molecule has 0 bridgehead atoms. The molecule has 1 fully saturated rings. The Morgan fingerprint density at radius 2 is 1.93 bits per heavy atom. The third-order valence-corrected chi connectivity index (χ3v) is 7.05. The molecule has 4 rings (SSSR count). The molecular weight excluding hydrogens is 363 g/mol. The fourth-order valence-electron chi connectivity index (χ4n) is 5.17. The molecule has 0 N–H and O–H groups in total. The van der Waals surface area contributed by atoms with Crippen LogP contribution in [0.15, 0.2) is 36.0 Å². The van der Waals surface area contributed by atoms with E-state index < -0.39 is 0 Å². The summed E-state index contributed by atoms with van der Waals surface area (Å²) in [4.78, 5) is 0. The van der Waals surface area contributed by atoms with Gasteiger partial charge in [-0.2, -0.15) is 5.10 Å². The summed E-state index contributed by atoms with van der Waals surface area (Å²) in [7, 11) is 0. The van der Waals surface area contributed by atoms with E-state index in [-0.39, 0.29) is 11.2 Å². The fraction of sp³-hybridized carbons (Fsp3) is 0.560. The molecule has 2 aliphatic carbocycles. The van der Waals surface area contributed by atoms with Gasteiger partial charge in [-0.3, -0.25) is 0 Å². The molecule has 1 aromatic carbocycles. The summed E-state index contributed by atoms with van der Waals surface area (Å²) in [5.74, 6) is 0.468. The van der Waals surface area contributed by atoms with Crippen molar-refractivity contribution in [2.75, 3.05) is 6.61 Å². The van der Waals surface area contributed by atoms with Crippen LogP contribution in [0.2, 0.25) is 0 Å². The van der Waals surface area contributed by atoms with E-state index in [4.69, 9.17) is 4.74 Å². The average molecular weight is 397 g/mol. The first kappa shape index (κ1) is 20.3. The highest BCUT2D eigenvalue weighted by molar-refractivity contribution is 5.60. The minimum Gasteiger partial charge on any atom is -0.378 e. The van der Waals surface area contributed by atoms with Crippen LogP contribution in [0.4, 0.5) is 4.39 Å². The van der Waals surface area contributed by atoms with Crippen LogP contribution >= 0.6 is 0 Å². The Bertz CT molecular complexity index is 863. The van der Waals surface area contributed by atoms with Gasteiger partial charge in [-0.15, -0.1) is 0 Å². The first-order chi connectivity index (χ1) is 14.0. The predicted octanol–water partition coefficient (Wildman–Crippen LogP) is 6.35. The van der Waals surface area contributed by atoms with Crippen LogP contribution in [-0.4, -0.2) is 22.5 Å². The topological polar surface area (TPSA) is 27.1 Å². The number of hydrogen-bond donors (Lipinski definition) is 0. The standard InChI is InChI=1S/C25H33FN2O/c1-4-29-24(19-8-6-5-7-9-19)16-25(3)15-20-17-27-28(23(20)14-18(25)2)22-12-10-21(26)11-13-22/h10-14,17,19,24H,4-9,15-16H2,1-3H3/t24?,25-/m1/s1. The number of nitrogens with zero attached hydrogens (tertiary/aromatic N) is 2. The molecule has 3 nitrogen and oxygen atoms in total. The summed E-state index contributed by atoms with van der Waals surface area (Å²) >= 11 is 0. The van der Waals surface area contributed by atoms with Gasteiger partial charge in [0.25, 0.3) is 0 Å². The van der Waals surface area contributed by atoms with Crippen LogP contribution in [0.5, 0.6) is 0 Å². The van der Waals surface area contributed by atoms with Crippen molar-refractivity contribution in [3.05, 3.63) is 53.1 Å². The minimum absolute atomic E-state index is 0.0843. The van der Waals surface area contributed by atoms with E-state index >= 15 is 0 Å². The maximum absolute atomic E-state index is 13.3. The van der Waals surface area contributed by atoms with Crippen LogP contribution < -0.4 is 0 Å². The van der Waals surface area contributed by atoms with Crippen molar-refractivity contribution >= 4 is 6.08 Å². The van der Waals surface area contributed by atoms with Gasteiger partial charge < -0.3 is 4.74 Å². The van der Waals surface area contributed by atoms with Gasteiger partial charge in [0.15, 0.2) is 0 Å². The molecule has 0 aliphatic heterocycles. The van der Waals surface area contributed by atoms with E-state index in [9.17, 15) is 4.39 Å². The molecule has 2 atom stereocenters. The number of benzene rings is 1. The number of halogens is 1. The average Bonchev–Trinajstić information content (AvgIpc) is 3.11. The molecule has 1 saturated carbocycles. The van der Waals surface area contributed by atoms with Crippen molar-refractivity contribution in [3.8, 4) is 5.69 Å². The molecule has 29 heavy (non-hydrogen) atoms. The Labute approximate surface area is 174 Å². The second-order valence-corrected chi connectivity index (χ2v) is 9.10. The summed E-state index contributed by atoms with van der Waals surface area (Å²) in [6, 6.07) is 6.55. The van der Waals surface area contributed by atoms with Gasteiger partial charge in [-0.25, -0.2) is 9.07 Å². The van der Waals surface area contributed by atoms with Crippen LogP contribution in [0.25, 0.3) is 11.8 Å². The second-order valence-electron chi connectivity index (χ2n) is 9.10. The zero-order valence-corrected chi connectivity index (χ0v) is 18.0. The molecule has 156 valence electrons.